The largest absolute Gasteiger partial charge is 0.304 e. The number of hydrogen-bond acceptors (Lipinski definition) is 4. The molecular formula is C22H20Cl3N3OS. The van der Waals surface area contributed by atoms with E-state index in [1.165, 1.54) is 11.3 Å². The van der Waals surface area contributed by atoms with Gasteiger partial charge < -0.3 is 4.90 Å². The summed E-state index contributed by atoms with van der Waals surface area (Å²) in [6, 6.07) is 14.9. The summed E-state index contributed by atoms with van der Waals surface area (Å²) in [5.74, 6) is -0.115. The fourth-order valence-electron chi connectivity index (χ4n) is 3.34. The van der Waals surface area contributed by atoms with Crippen LogP contribution < -0.4 is 5.43 Å². The highest BCUT2D eigenvalue weighted by atomic mass is 35.5. The number of hydrogen-bond donors (Lipinski definition) is 1. The van der Waals surface area contributed by atoms with Gasteiger partial charge in [-0.1, -0.05) is 53.0 Å². The summed E-state index contributed by atoms with van der Waals surface area (Å²) in [6.45, 7) is 3.44. The number of hydrazine groups is 1. The number of nitrogens with zero attached hydrogens (tertiary/aromatic N) is 2. The van der Waals surface area contributed by atoms with Gasteiger partial charge in [0, 0.05) is 52.2 Å². The van der Waals surface area contributed by atoms with Crippen molar-refractivity contribution in [1.29, 1.82) is 0 Å². The Labute approximate surface area is 194 Å². The van der Waals surface area contributed by atoms with E-state index in [-0.39, 0.29) is 5.91 Å². The van der Waals surface area contributed by atoms with E-state index in [4.69, 9.17) is 34.8 Å². The highest BCUT2D eigenvalue weighted by molar-refractivity contribution is 7.18. The van der Waals surface area contributed by atoms with Crippen LogP contribution in [0.1, 0.15) is 9.67 Å². The van der Waals surface area contributed by atoms with E-state index in [0.29, 0.717) is 19.9 Å². The van der Waals surface area contributed by atoms with Crippen molar-refractivity contribution >= 4 is 52.0 Å². The maximum Gasteiger partial charge on any atom is 0.275 e. The minimum absolute atomic E-state index is 0.115. The predicted octanol–water partition coefficient (Wildman–Crippen LogP) is 5.93. The number of nitrogens with one attached hydrogen (secondary N) is 1. The number of rotatable bonds is 4. The van der Waals surface area contributed by atoms with E-state index >= 15 is 0 Å². The first-order valence-corrected chi connectivity index (χ1v) is 11.5. The van der Waals surface area contributed by atoms with Crippen molar-refractivity contribution in [3.8, 4) is 21.6 Å². The molecule has 0 saturated carbocycles. The lowest BCUT2D eigenvalue weighted by molar-refractivity contribution is 0.0666. The van der Waals surface area contributed by atoms with Crippen LogP contribution in [0.4, 0.5) is 0 Å². The Morgan fingerprint density at radius 3 is 2.23 bits per heavy atom. The topological polar surface area (TPSA) is 35.6 Å². The second-order valence-electron chi connectivity index (χ2n) is 7.22. The molecule has 1 aromatic heterocycles. The summed E-state index contributed by atoms with van der Waals surface area (Å²) in [5, 5.41) is 3.75. The zero-order valence-corrected chi connectivity index (χ0v) is 19.4. The van der Waals surface area contributed by atoms with Crippen LogP contribution in [0, 0.1) is 0 Å². The van der Waals surface area contributed by atoms with E-state index in [2.05, 4.69) is 17.4 Å². The minimum Gasteiger partial charge on any atom is -0.304 e. The normalized spacial score (nSPS) is 15.3. The number of thiophene rings is 1. The molecule has 1 aliphatic rings. The van der Waals surface area contributed by atoms with Crippen molar-refractivity contribution in [3.05, 3.63) is 68.5 Å². The highest BCUT2D eigenvalue weighted by Gasteiger charge is 2.22. The van der Waals surface area contributed by atoms with Crippen molar-refractivity contribution in [2.24, 2.45) is 0 Å². The molecule has 156 valence electrons. The molecule has 3 aromatic rings. The Morgan fingerprint density at radius 1 is 0.900 bits per heavy atom. The summed E-state index contributed by atoms with van der Waals surface area (Å²) >= 11 is 20.1. The Morgan fingerprint density at radius 2 is 1.57 bits per heavy atom. The van der Waals surface area contributed by atoms with Crippen molar-refractivity contribution in [1.82, 2.24) is 15.3 Å². The van der Waals surface area contributed by atoms with Crippen molar-refractivity contribution in [2.75, 3.05) is 33.2 Å². The van der Waals surface area contributed by atoms with Gasteiger partial charge in [-0.15, -0.1) is 11.3 Å². The van der Waals surface area contributed by atoms with Crippen LogP contribution in [0.25, 0.3) is 21.6 Å². The van der Waals surface area contributed by atoms with Crippen molar-refractivity contribution in [3.63, 3.8) is 0 Å². The zero-order valence-electron chi connectivity index (χ0n) is 16.3. The van der Waals surface area contributed by atoms with Gasteiger partial charge in [-0.2, -0.15) is 0 Å². The first-order chi connectivity index (χ1) is 14.4. The molecule has 0 spiro atoms. The van der Waals surface area contributed by atoms with Gasteiger partial charge in [0.2, 0.25) is 0 Å². The molecule has 30 heavy (non-hydrogen) atoms. The lowest BCUT2D eigenvalue weighted by Gasteiger charge is -2.32. The van der Waals surface area contributed by atoms with E-state index in [0.717, 1.165) is 47.7 Å². The van der Waals surface area contributed by atoms with Gasteiger partial charge in [0.15, 0.2) is 0 Å². The van der Waals surface area contributed by atoms with Crippen LogP contribution in [0.3, 0.4) is 0 Å². The van der Waals surface area contributed by atoms with Crippen molar-refractivity contribution < 1.29 is 4.79 Å². The first kappa shape index (κ1) is 21.6. The molecule has 1 N–H and O–H groups in total. The SMILES string of the molecule is CN1CCN(NC(=O)c2cc(-c3ccc(Cl)cc3)c(-c3ccc(Cl)cc3Cl)s2)CC1. The lowest BCUT2D eigenvalue weighted by Crippen LogP contribution is -2.52. The second kappa shape index (κ2) is 9.27. The van der Waals surface area contributed by atoms with Gasteiger partial charge in [0.25, 0.3) is 5.91 Å². The molecule has 4 rings (SSSR count). The number of carbonyl (C=O) groups is 1. The van der Waals surface area contributed by atoms with Gasteiger partial charge in [0.05, 0.1) is 9.90 Å². The number of halogens is 3. The second-order valence-corrected chi connectivity index (χ2v) is 9.55. The fraction of sp³-hybridized carbons (Fsp3) is 0.227. The molecule has 0 atom stereocenters. The number of piperazine rings is 1. The predicted molar refractivity (Wildman–Crippen MR) is 127 cm³/mol. The first-order valence-electron chi connectivity index (χ1n) is 9.50. The van der Waals surface area contributed by atoms with E-state index in [1.807, 2.05) is 41.4 Å². The van der Waals surface area contributed by atoms with Gasteiger partial charge in [-0.05, 0) is 42.9 Å². The molecule has 0 bridgehead atoms. The van der Waals surface area contributed by atoms with E-state index in [9.17, 15) is 4.79 Å². The number of benzene rings is 2. The molecule has 2 aromatic carbocycles. The quantitative estimate of drug-likeness (QED) is 0.502. The molecule has 1 fully saturated rings. The maximum atomic E-state index is 13.0. The van der Waals surface area contributed by atoms with Gasteiger partial charge in [0.1, 0.15) is 0 Å². The fourth-order valence-corrected chi connectivity index (χ4v) is 5.13. The maximum absolute atomic E-state index is 13.0. The van der Waals surface area contributed by atoms with Gasteiger partial charge >= 0.3 is 0 Å². The van der Waals surface area contributed by atoms with E-state index in [1.54, 1.807) is 12.1 Å². The molecule has 1 aliphatic heterocycles. The Kier molecular flexibility index (Phi) is 6.68. The van der Waals surface area contributed by atoms with E-state index < -0.39 is 0 Å². The monoisotopic (exact) mass is 479 g/mol. The average Bonchev–Trinajstić information content (AvgIpc) is 3.15. The summed E-state index contributed by atoms with van der Waals surface area (Å²) in [5.41, 5.74) is 5.78. The van der Waals surface area contributed by atoms with Crippen molar-refractivity contribution in [2.45, 2.75) is 0 Å². The van der Waals surface area contributed by atoms with Crippen LogP contribution in [0.15, 0.2) is 48.5 Å². The Balaban J connectivity index is 1.70. The molecule has 4 nitrogen and oxygen atoms in total. The third kappa shape index (κ3) is 4.83. The van der Waals surface area contributed by atoms with Gasteiger partial charge in [-0.25, -0.2) is 5.01 Å². The molecule has 1 amide bonds. The van der Waals surface area contributed by atoms with Crippen LogP contribution in [0.2, 0.25) is 15.1 Å². The molecule has 0 radical (unpaired) electrons. The smallest absolute Gasteiger partial charge is 0.275 e. The summed E-state index contributed by atoms with van der Waals surface area (Å²) in [7, 11) is 2.08. The van der Waals surface area contributed by atoms with Crippen LogP contribution in [-0.2, 0) is 0 Å². The highest BCUT2D eigenvalue weighted by Crippen LogP contribution is 2.43. The number of amides is 1. The standard InChI is InChI=1S/C22H20Cl3N3OS/c1-27-8-10-28(11-9-27)26-22(29)20-13-18(14-2-4-15(23)5-3-14)21(30-20)17-7-6-16(24)12-19(17)25/h2-7,12-13H,8-11H2,1H3,(H,26,29). The third-order valence-electron chi connectivity index (χ3n) is 5.05. The third-order valence-corrected chi connectivity index (χ3v) is 7.02. The Bertz CT molecular complexity index is 1060. The molecule has 8 heteroatoms. The zero-order chi connectivity index (χ0) is 21.3. The molecule has 2 heterocycles. The minimum atomic E-state index is -0.115. The Hall–Kier alpha value is -1.60. The number of carbonyl (C=O) groups excluding carboxylic acids is 1. The molecular weight excluding hydrogens is 461 g/mol. The molecule has 0 aliphatic carbocycles. The molecule has 1 saturated heterocycles. The van der Waals surface area contributed by atoms with Crippen LogP contribution >= 0.6 is 46.1 Å². The summed E-state index contributed by atoms with van der Waals surface area (Å²) < 4.78 is 0. The molecule has 0 unspecified atom stereocenters. The lowest BCUT2D eigenvalue weighted by atomic mass is 10.0. The van der Waals surface area contributed by atoms with Crippen LogP contribution in [0.5, 0.6) is 0 Å². The average molecular weight is 481 g/mol. The summed E-state index contributed by atoms with van der Waals surface area (Å²) in [4.78, 5) is 16.8. The summed E-state index contributed by atoms with van der Waals surface area (Å²) in [6.07, 6.45) is 0. The van der Waals surface area contributed by atoms with Crippen LogP contribution in [-0.4, -0.2) is 49.0 Å². The van der Waals surface area contributed by atoms with Gasteiger partial charge in [-0.3, -0.25) is 10.2 Å². The number of likely N-dealkylation sites (N-methyl/N-ethyl adjacent to an activating group) is 1.